The number of aliphatic hydroxyl groups is 2. The summed E-state index contributed by atoms with van der Waals surface area (Å²) in [7, 11) is 0. The van der Waals surface area contributed by atoms with Crippen LogP contribution in [0, 0.1) is 0 Å². The van der Waals surface area contributed by atoms with Gasteiger partial charge in [0, 0.05) is 22.9 Å². The molecule has 6 unspecified atom stereocenters. The molecule has 0 aliphatic heterocycles. The number of carboxylic acid groups (broad SMARTS) is 1. The minimum Gasteiger partial charge on any atom is -0.480 e. The molecule has 0 spiro atoms. The molecule has 1 heterocycles. The van der Waals surface area contributed by atoms with Gasteiger partial charge in [0.25, 0.3) is 0 Å². The lowest BCUT2D eigenvalue weighted by molar-refractivity contribution is -0.146. The number of carbonyl (C=O) groups excluding carboxylic acids is 3. The molecule has 192 valence electrons. The van der Waals surface area contributed by atoms with Crippen LogP contribution in [0.3, 0.4) is 0 Å². The Hall–Kier alpha value is -3.13. The van der Waals surface area contributed by atoms with Gasteiger partial charge in [-0.2, -0.15) is 12.6 Å². The number of fused-ring (bicyclic) bond motifs is 1. The van der Waals surface area contributed by atoms with Crippen LogP contribution in [0.5, 0.6) is 0 Å². The van der Waals surface area contributed by atoms with E-state index in [0.717, 1.165) is 16.5 Å². The molecule has 0 saturated carbocycles. The topological polar surface area (TPSA) is 207 Å². The maximum Gasteiger partial charge on any atom is 0.328 e. The summed E-state index contributed by atoms with van der Waals surface area (Å²) in [4.78, 5) is 52.2. The van der Waals surface area contributed by atoms with Crippen molar-refractivity contribution in [1.29, 1.82) is 0 Å². The van der Waals surface area contributed by atoms with Gasteiger partial charge in [0.2, 0.25) is 17.7 Å². The third kappa shape index (κ3) is 7.42. The summed E-state index contributed by atoms with van der Waals surface area (Å²) in [5, 5.41) is 36.4. The smallest absolute Gasteiger partial charge is 0.328 e. The average Bonchev–Trinajstić information content (AvgIpc) is 3.20. The van der Waals surface area contributed by atoms with Crippen molar-refractivity contribution >= 4 is 47.2 Å². The number of amides is 3. The van der Waals surface area contributed by atoms with Crippen LogP contribution in [0.25, 0.3) is 10.9 Å². The van der Waals surface area contributed by atoms with Crippen molar-refractivity contribution in [2.24, 2.45) is 5.73 Å². The molecule has 1 aromatic heterocycles. The highest BCUT2D eigenvalue weighted by Crippen LogP contribution is 2.18. The fraction of sp³-hybridized carbons (Fsp3) is 0.455. The number of nitrogens with one attached hydrogen (secondary N) is 4. The minimum absolute atomic E-state index is 0.142. The highest BCUT2D eigenvalue weighted by molar-refractivity contribution is 7.80. The van der Waals surface area contributed by atoms with Gasteiger partial charge in [0.1, 0.15) is 12.1 Å². The maximum absolute atomic E-state index is 12.7. The zero-order valence-corrected chi connectivity index (χ0v) is 20.2. The number of aromatic nitrogens is 1. The summed E-state index contributed by atoms with van der Waals surface area (Å²) in [5.41, 5.74) is 7.77. The van der Waals surface area contributed by atoms with Gasteiger partial charge in [-0.3, -0.25) is 14.4 Å². The number of benzene rings is 1. The molecular weight excluding hydrogens is 478 g/mol. The second-order valence-corrected chi connectivity index (χ2v) is 8.57. The van der Waals surface area contributed by atoms with E-state index in [9.17, 15) is 29.4 Å². The summed E-state index contributed by atoms with van der Waals surface area (Å²) < 4.78 is 0. The van der Waals surface area contributed by atoms with Gasteiger partial charge in [-0.25, -0.2) is 4.79 Å². The van der Waals surface area contributed by atoms with Crippen molar-refractivity contribution in [3.8, 4) is 0 Å². The zero-order valence-electron chi connectivity index (χ0n) is 19.3. The number of nitrogens with two attached hydrogens (primary N) is 1. The third-order valence-electron chi connectivity index (χ3n) is 5.38. The van der Waals surface area contributed by atoms with Crippen LogP contribution in [0.2, 0.25) is 0 Å². The number of aliphatic carboxylic acids is 1. The predicted molar refractivity (Wildman–Crippen MR) is 131 cm³/mol. The molecule has 1 aromatic carbocycles. The molecule has 6 atom stereocenters. The largest absolute Gasteiger partial charge is 0.480 e. The molecule has 0 radical (unpaired) electrons. The lowest BCUT2D eigenvalue weighted by Gasteiger charge is -2.26. The Bertz CT molecular complexity index is 1060. The lowest BCUT2D eigenvalue weighted by atomic mass is 10.0. The van der Waals surface area contributed by atoms with Gasteiger partial charge in [0.15, 0.2) is 6.04 Å². The molecular formula is C22H31N5O7S. The van der Waals surface area contributed by atoms with E-state index in [1.54, 1.807) is 6.20 Å². The number of hydrogen-bond donors (Lipinski definition) is 9. The van der Waals surface area contributed by atoms with E-state index in [-0.39, 0.29) is 12.2 Å². The zero-order chi connectivity index (χ0) is 26.3. The van der Waals surface area contributed by atoms with Gasteiger partial charge < -0.3 is 42.0 Å². The molecule has 0 aliphatic carbocycles. The second kappa shape index (κ2) is 12.5. The number of aliphatic hydroxyl groups excluding tert-OH is 2. The van der Waals surface area contributed by atoms with Crippen molar-refractivity contribution in [1.82, 2.24) is 20.9 Å². The molecule has 0 bridgehead atoms. The van der Waals surface area contributed by atoms with Crippen molar-refractivity contribution < 1.29 is 34.5 Å². The fourth-order valence-electron chi connectivity index (χ4n) is 3.39. The molecule has 2 rings (SSSR count). The van der Waals surface area contributed by atoms with Crippen molar-refractivity contribution in [3.05, 3.63) is 36.0 Å². The number of hydrogen-bond acceptors (Lipinski definition) is 8. The minimum atomic E-state index is -1.65. The molecule has 3 amide bonds. The van der Waals surface area contributed by atoms with E-state index in [1.807, 2.05) is 24.3 Å². The number of rotatable bonds is 12. The molecule has 13 heteroatoms. The number of carbonyl (C=O) groups is 4. The standard InChI is InChI=1S/C22H31N5O7S/c1-10(28)17(21(32)27-18(11(2)29)22(33)34)26-20(31)16(9-35)25-19(30)14(23)7-12-8-24-15-6-4-3-5-13(12)15/h3-6,8,10-11,14,16-18,24,28-29,35H,7,9,23H2,1-2H3,(H,25,30)(H,26,31)(H,27,32)(H,33,34). The summed E-state index contributed by atoms with van der Waals surface area (Å²) in [5.74, 6) is -4.12. The molecule has 2 aromatic rings. The first-order chi connectivity index (χ1) is 16.5. The Morgan fingerprint density at radius 1 is 0.971 bits per heavy atom. The van der Waals surface area contributed by atoms with Crippen molar-refractivity contribution in [2.75, 3.05) is 5.75 Å². The van der Waals surface area contributed by atoms with Gasteiger partial charge in [-0.15, -0.1) is 0 Å². The van der Waals surface area contributed by atoms with E-state index >= 15 is 0 Å². The molecule has 35 heavy (non-hydrogen) atoms. The van der Waals surface area contributed by atoms with Gasteiger partial charge in [0.05, 0.1) is 18.2 Å². The van der Waals surface area contributed by atoms with Crippen LogP contribution < -0.4 is 21.7 Å². The first kappa shape index (κ1) is 28.1. The van der Waals surface area contributed by atoms with Crippen LogP contribution in [0.15, 0.2) is 30.5 Å². The van der Waals surface area contributed by atoms with Crippen LogP contribution in [-0.2, 0) is 25.6 Å². The number of aromatic amines is 1. The second-order valence-electron chi connectivity index (χ2n) is 8.21. The Labute approximate surface area is 207 Å². The van der Waals surface area contributed by atoms with Gasteiger partial charge >= 0.3 is 5.97 Å². The molecule has 12 nitrogen and oxygen atoms in total. The third-order valence-corrected chi connectivity index (χ3v) is 5.74. The fourth-order valence-corrected chi connectivity index (χ4v) is 3.65. The van der Waals surface area contributed by atoms with Crippen molar-refractivity contribution in [2.45, 2.75) is 56.6 Å². The Kier molecular flexibility index (Phi) is 10.1. The summed E-state index contributed by atoms with van der Waals surface area (Å²) in [6, 6.07) is 2.14. The van der Waals surface area contributed by atoms with Crippen LogP contribution in [0.4, 0.5) is 0 Å². The van der Waals surface area contributed by atoms with E-state index in [0.29, 0.717) is 0 Å². The Morgan fingerprint density at radius 2 is 1.57 bits per heavy atom. The summed E-state index contributed by atoms with van der Waals surface area (Å²) in [6.45, 7) is 2.38. The molecule has 0 saturated heterocycles. The number of H-pyrrole nitrogens is 1. The maximum atomic E-state index is 12.7. The highest BCUT2D eigenvalue weighted by atomic mass is 32.1. The van der Waals surface area contributed by atoms with Gasteiger partial charge in [-0.1, -0.05) is 18.2 Å². The first-order valence-corrected chi connectivity index (χ1v) is 11.5. The number of carboxylic acids is 1. The average molecular weight is 510 g/mol. The van der Waals surface area contributed by atoms with Crippen molar-refractivity contribution in [3.63, 3.8) is 0 Å². The Balaban J connectivity index is 2.03. The monoisotopic (exact) mass is 509 g/mol. The number of para-hydroxylation sites is 1. The molecule has 0 aliphatic rings. The van der Waals surface area contributed by atoms with Crippen LogP contribution in [-0.4, -0.2) is 86.1 Å². The molecule has 0 fully saturated rings. The predicted octanol–water partition coefficient (Wildman–Crippen LogP) is -1.73. The quantitative estimate of drug-likeness (QED) is 0.150. The highest BCUT2D eigenvalue weighted by Gasteiger charge is 2.33. The van der Waals surface area contributed by atoms with E-state index < -0.39 is 60.1 Å². The SMILES string of the molecule is CC(O)C(NC(=O)C(NC(=O)C(CS)NC(=O)C(N)Cc1c[nH]c2ccccc12)C(C)O)C(=O)O. The summed E-state index contributed by atoms with van der Waals surface area (Å²) >= 11 is 4.08. The number of thiol groups is 1. The van der Waals surface area contributed by atoms with Crippen LogP contribution in [0.1, 0.15) is 19.4 Å². The van der Waals surface area contributed by atoms with E-state index in [1.165, 1.54) is 13.8 Å². The van der Waals surface area contributed by atoms with Crippen LogP contribution >= 0.6 is 12.6 Å². The Morgan fingerprint density at radius 3 is 2.14 bits per heavy atom. The van der Waals surface area contributed by atoms with E-state index in [4.69, 9.17) is 10.8 Å². The lowest BCUT2D eigenvalue weighted by Crippen LogP contribution is -2.61. The summed E-state index contributed by atoms with van der Waals surface area (Å²) in [6.07, 6.45) is -0.886. The van der Waals surface area contributed by atoms with Gasteiger partial charge in [-0.05, 0) is 31.9 Å². The molecule has 9 N–H and O–H groups in total. The first-order valence-electron chi connectivity index (χ1n) is 10.9. The normalized spacial score (nSPS) is 16.4. The van der Waals surface area contributed by atoms with E-state index in [2.05, 4.69) is 33.6 Å².